The quantitative estimate of drug-likeness (QED) is 0.226. The van der Waals surface area contributed by atoms with Crippen molar-refractivity contribution in [3.63, 3.8) is 0 Å². The molecule has 3 aromatic carbocycles. The van der Waals surface area contributed by atoms with Gasteiger partial charge in [0, 0.05) is 17.7 Å². The number of carbonyl (C=O) groups is 1. The van der Waals surface area contributed by atoms with Crippen LogP contribution in [0.4, 0.5) is 5.95 Å². The lowest BCUT2D eigenvalue weighted by atomic mass is 9.97. The number of hydrogen-bond acceptors (Lipinski definition) is 6. The fourth-order valence-corrected chi connectivity index (χ4v) is 3.08. The van der Waals surface area contributed by atoms with Crippen LogP contribution in [0.5, 0.6) is 0 Å². The van der Waals surface area contributed by atoms with Gasteiger partial charge < -0.3 is 10.1 Å². The Morgan fingerprint density at radius 1 is 1.17 bits per heavy atom. The number of amides is 1. The summed E-state index contributed by atoms with van der Waals surface area (Å²) in [4.78, 5) is 25.9. The molecule has 1 heterocycles. The van der Waals surface area contributed by atoms with Crippen LogP contribution in [0.2, 0.25) is 0 Å². The molecule has 0 aliphatic carbocycles. The van der Waals surface area contributed by atoms with E-state index in [9.17, 15) is 14.9 Å². The molecule has 4 aromatic rings. The van der Waals surface area contributed by atoms with Crippen molar-refractivity contribution in [2.45, 2.75) is 6.54 Å². The molecule has 0 aliphatic heterocycles. The maximum absolute atomic E-state index is 12.4. The van der Waals surface area contributed by atoms with E-state index in [4.69, 9.17) is 0 Å². The zero-order valence-corrected chi connectivity index (χ0v) is 15.5. The maximum atomic E-state index is 12.4. The first-order valence-corrected chi connectivity index (χ1v) is 8.78. The van der Waals surface area contributed by atoms with Gasteiger partial charge in [-0.1, -0.05) is 53.5 Å². The van der Waals surface area contributed by atoms with Gasteiger partial charge in [-0.3, -0.25) is 4.79 Å². The third kappa shape index (κ3) is 3.65. The van der Waals surface area contributed by atoms with E-state index in [0.29, 0.717) is 0 Å². The van der Waals surface area contributed by atoms with Gasteiger partial charge in [-0.2, -0.15) is 9.78 Å². The molecule has 29 heavy (non-hydrogen) atoms. The molecule has 1 aromatic heterocycles. The Hall–Kier alpha value is -4.14. The van der Waals surface area contributed by atoms with Crippen LogP contribution in [0.25, 0.3) is 21.5 Å². The normalized spacial score (nSPS) is 11.3. The van der Waals surface area contributed by atoms with Crippen molar-refractivity contribution in [2.75, 3.05) is 7.05 Å². The highest BCUT2D eigenvalue weighted by Crippen LogP contribution is 2.27. The first kappa shape index (κ1) is 18.2. The average Bonchev–Trinajstić information content (AvgIpc) is 3.19. The largest absolute Gasteiger partial charge is 0.490 e. The van der Waals surface area contributed by atoms with E-state index in [0.717, 1.165) is 38.1 Å². The summed E-state index contributed by atoms with van der Waals surface area (Å²) < 4.78 is 1.11. The second kappa shape index (κ2) is 7.47. The first-order valence-electron chi connectivity index (χ1n) is 8.78. The van der Waals surface area contributed by atoms with Crippen LogP contribution in [-0.4, -0.2) is 43.9 Å². The minimum Gasteiger partial charge on any atom is -0.390 e. The van der Waals surface area contributed by atoms with E-state index in [2.05, 4.69) is 21.3 Å². The van der Waals surface area contributed by atoms with Gasteiger partial charge in [0.2, 0.25) is 6.33 Å². The van der Waals surface area contributed by atoms with E-state index in [1.54, 1.807) is 6.21 Å². The Balaban J connectivity index is 1.62. The summed E-state index contributed by atoms with van der Waals surface area (Å²) in [5.74, 6) is -0.934. The Bertz CT molecular complexity index is 1210. The van der Waals surface area contributed by atoms with E-state index in [1.807, 2.05) is 48.5 Å². The Kier molecular flexibility index (Phi) is 4.70. The SMILES string of the molecule is CN(N=Cc1c2ccccc2cc2ccccc12)C(=O)Cn1cnc([N+](=O)[O-])n1. The van der Waals surface area contributed by atoms with Gasteiger partial charge in [-0.05, 0) is 32.5 Å². The summed E-state index contributed by atoms with van der Waals surface area (Å²) in [6.45, 7) is -0.203. The van der Waals surface area contributed by atoms with Crippen molar-refractivity contribution in [1.29, 1.82) is 0 Å². The van der Waals surface area contributed by atoms with Gasteiger partial charge in [0.15, 0.2) is 0 Å². The lowest BCUT2D eigenvalue weighted by Gasteiger charge is -2.11. The fourth-order valence-electron chi connectivity index (χ4n) is 3.08. The minimum absolute atomic E-state index is 0.203. The summed E-state index contributed by atoms with van der Waals surface area (Å²) in [6, 6.07) is 18.1. The molecule has 0 radical (unpaired) electrons. The van der Waals surface area contributed by atoms with E-state index in [1.165, 1.54) is 12.1 Å². The topological polar surface area (TPSA) is 107 Å². The molecule has 0 N–H and O–H groups in total. The van der Waals surface area contributed by atoms with Gasteiger partial charge in [0.25, 0.3) is 5.91 Å². The molecule has 9 heteroatoms. The molecule has 4 rings (SSSR count). The van der Waals surface area contributed by atoms with Gasteiger partial charge >= 0.3 is 5.95 Å². The number of nitro groups is 1. The van der Waals surface area contributed by atoms with Crippen molar-refractivity contribution < 1.29 is 9.72 Å². The van der Waals surface area contributed by atoms with Crippen LogP contribution >= 0.6 is 0 Å². The first-order chi connectivity index (χ1) is 14.0. The Morgan fingerprint density at radius 3 is 2.38 bits per heavy atom. The molecule has 1 amide bonds. The molecule has 144 valence electrons. The minimum atomic E-state index is -0.714. The molecule has 0 spiro atoms. The molecular weight excluding hydrogens is 372 g/mol. The van der Waals surface area contributed by atoms with Crippen molar-refractivity contribution >= 4 is 39.6 Å². The molecular formula is C20H16N6O3. The monoisotopic (exact) mass is 388 g/mol. The maximum Gasteiger partial charge on any atom is 0.490 e. The summed E-state index contributed by atoms with van der Waals surface area (Å²) in [6.07, 6.45) is 2.80. The molecule has 0 atom stereocenters. The third-order valence-corrected chi connectivity index (χ3v) is 4.52. The standard InChI is InChI=1S/C20H16N6O3/c1-24(19(27)12-25-13-21-20(23-25)26(28)29)22-11-18-16-8-4-2-6-14(16)10-15-7-3-5-9-17(15)18/h2-11,13H,12H2,1H3. The van der Waals surface area contributed by atoms with Crippen LogP contribution in [0, 0.1) is 10.1 Å². The molecule has 0 aliphatic rings. The van der Waals surface area contributed by atoms with Gasteiger partial charge in [0.05, 0.1) is 6.21 Å². The number of carbonyl (C=O) groups excluding carboxylic acids is 1. The number of hydrogen-bond donors (Lipinski definition) is 0. The summed E-state index contributed by atoms with van der Waals surface area (Å²) in [5.41, 5.74) is 0.912. The number of benzene rings is 3. The average molecular weight is 388 g/mol. The molecule has 9 nitrogen and oxygen atoms in total. The lowest BCUT2D eigenvalue weighted by molar-refractivity contribution is -0.394. The van der Waals surface area contributed by atoms with E-state index in [-0.39, 0.29) is 12.5 Å². The smallest absolute Gasteiger partial charge is 0.390 e. The molecule has 0 unspecified atom stereocenters. The van der Waals surface area contributed by atoms with Crippen LogP contribution in [0.15, 0.2) is 66.0 Å². The van der Waals surface area contributed by atoms with Crippen LogP contribution in [0.1, 0.15) is 5.56 Å². The fraction of sp³-hybridized carbons (Fsp3) is 0.100. The number of hydrazone groups is 1. The van der Waals surface area contributed by atoms with Crippen LogP contribution in [-0.2, 0) is 11.3 Å². The predicted molar refractivity (Wildman–Crippen MR) is 108 cm³/mol. The zero-order chi connectivity index (χ0) is 20.4. The predicted octanol–water partition coefficient (Wildman–Crippen LogP) is 2.99. The summed E-state index contributed by atoms with van der Waals surface area (Å²) in [7, 11) is 1.53. The third-order valence-electron chi connectivity index (χ3n) is 4.52. The van der Waals surface area contributed by atoms with Gasteiger partial charge in [-0.25, -0.2) is 5.01 Å². The summed E-state index contributed by atoms with van der Waals surface area (Å²) >= 11 is 0. The second-order valence-electron chi connectivity index (χ2n) is 6.39. The van der Waals surface area contributed by atoms with Crippen molar-refractivity contribution in [3.05, 3.63) is 76.6 Å². The lowest BCUT2D eigenvalue weighted by Crippen LogP contribution is -2.26. The van der Waals surface area contributed by atoms with Crippen LogP contribution < -0.4 is 0 Å². The van der Waals surface area contributed by atoms with E-state index >= 15 is 0 Å². The zero-order valence-electron chi connectivity index (χ0n) is 15.5. The highest BCUT2D eigenvalue weighted by atomic mass is 16.6. The van der Waals surface area contributed by atoms with Crippen molar-refractivity contribution in [3.8, 4) is 0 Å². The number of likely N-dealkylation sites (N-methyl/N-ethyl adjacent to an activating group) is 1. The number of fused-ring (bicyclic) bond motifs is 2. The van der Waals surface area contributed by atoms with E-state index < -0.39 is 10.9 Å². The number of nitrogens with zero attached hydrogens (tertiary/aromatic N) is 6. The molecule has 0 fully saturated rings. The number of rotatable bonds is 5. The Labute approximate surface area is 165 Å². The number of aromatic nitrogens is 3. The second-order valence-corrected chi connectivity index (χ2v) is 6.39. The van der Waals surface area contributed by atoms with Crippen LogP contribution in [0.3, 0.4) is 0 Å². The highest BCUT2D eigenvalue weighted by Gasteiger charge is 2.17. The molecule has 0 bridgehead atoms. The van der Waals surface area contributed by atoms with Crippen molar-refractivity contribution in [1.82, 2.24) is 19.8 Å². The molecule has 0 saturated heterocycles. The summed E-state index contributed by atoms with van der Waals surface area (Å²) in [5, 5.41) is 24.0. The Morgan fingerprint density at radius 2 is 1.79 bits per heavy atom. The van der Waals surface area contributed by atoms with Crippen molar-refractivity contribution in [2.24, 2.45) is 5.10 Å². The van der Waals surface area contributed by atoms with Gasteiger partial charge in [0.1, 0.15) is 6.54 Å². The van der Waals surface area contributed by atoms with Gasteiger partial charge in [-0.15, -0.1) is 0 Å². The highest BCUT2D eigenvalue weighted by molar-refractivity contribution is 6.13. The molecule has 0 saturated carbocycles.